The first-order valence-electron chi connectivity index (χ1n) is 29.2. The fourth-order valence-corrected chi connectivity index (χ4v) is 8.85. The molecule has 0 bridgehead atoms. The molecule has 0 heterocycles. The number of carbonyl (C=O) groups is 3. The molecule has 0 radical (unpaired) electrons. The Morgan fingerprint density at radius 3 is 0.800 bits per heavy atom. The number of unbranched alkanes of at least 4 members (excludes halogenated alkanes) is 41. The molecule has 0 amide bonds. The Kier molecular flexibility index (Phi) is 53.2. The Hall–Kier alpha value is -1.85. The summed E-state index contributed by atoms with van der Waals surface area (Å²) in [4.78, 5) is 38.1. The van der Waals surface area contributed by atoms with Crippen molar-refractivity contribution in [1.29, 1.82) is 0 Å². The highest BCUT2D eigenvalue weighted by Crippen LogP contribution is 2.17. The average Bonchev–Trinajstić information content (AvgIpc) is 3.30. The molecule has 0 aromatic rings. The molecular formula is C59H112O6. The zero-order valence-corrected chi connectivity index (χ0v) is 44.0. The lowest BCUT2D eigenvalue weighted by Gasteiger charge is -2.18. The third-order valence-corrected chi connectivity index (χ3v) is 13.3. The van der Waals surface area contributed by atoms with Crippen LogP contribution in [0.3, 0.4) is 0 Å². The number of carbonyl (C=O) groups excluding carboxylic acids is 3. The van der Waals surface area contributed by atoms with E-state index in [0.717, 1.165) is 64.2 Å². The van der Waals surface area contributed by atoms with E-state index in [-0.39, 0.29) is 31.1 Å². The van der Waals surface area contributed by atoms with Gasteiger partial charge in [-0.15, -0.1) is 0 Å². The molecule has 0 saturated heterocycles. The fourth-order valence-electron chi connectivity index (χ4n) is 8.85. The van der Waals surface area contributed by atoms with Gasteiger partial charge in [-0.05, 0) is 44.9 Å². The molecule has 0 aromatic carbocycles. The van der Waals surface area contributed by atoms with Gasteiger partial charge in [-0.2, -0.15) is 0 Å². The summed E-state index contributed by atoms with van der Waals surface area (Å²) in [5.41, 5.74) is 0. The second-order valence-corrected chi connectivity index (χ2v) is 19.9. The van der Waals surface area contributed by atoms with Gasteiger partial charge in [-0.25, -0.2) is 0 Å². The van der Waals surface area contributed by atoms with Crippen molar-refractivity contribution in [3.05, 3.63) is 12.2 Å². The van der Waals surface area contributed by atoms with Crippen LogP contribution in [0, 0.1) is 0 Å². The van der Waals surface area contributed by atoms with E-state index in [1.54, 1.807) is 0 Å². The van der Waals surface area contributed by atoms with E-state index in [2.05, 4.69) is 32.9 Å². The van der Waals surface area contributed by atoms with Crippen LogP contribution in [0.2, 0.25) is 0 Å². The molecule has 65 heavy (non-hydrogen) atoms. The van der Waals surface area contributed by atoms with Crippen molar-refractivity contribution in [2.24, 2.45) is 0 Å². The molecule has 0 spiro atoms. The molecule has 1 atom stereocenters. The molecule has 0 aromatic heterocycles. The summed E-state index contributed by atoms with van der Waals surface area (Å²) in [6, 6.07) is 0. The topological polar surface area (TPSA) is 78.9 Å². The van der Waals surface area contributed by atoms with E-state index in [4.69, 9.17) is 14.2 Å². The van der Waals surface area contributed by atoms with Gasteiger partial charge in [0.05, 0.1) is 0 Å². The van der Waals surface area contributed by atoms with E-state index in [9.17, 15) is 14.4 Å². The summed E-state index contributed by atoms with van der Waals surface area (Å²) in [5.74, 6) is -0.851. The van der Waals surface area contributed by atoms with Gasteiger partial charge < -0.3 is 14.2 Å². The Morgan fingerprint density at radius 1 is 0.292 bits per heavy atom. The number of hydrogen-bond donors (Lipinski definition) is 0. The molecule has 0 rings (SSSR count). The fraction of sp³-hybridized carbons (Fsp3) is 0.915. The van der Waals surface area contributed by atoms with Crippen molar-refractivity contribution in [3.8, 4) is 0 Å². The number of ether oxygens (including phenoxy) is 3. The lowest BCUT2D eigenvalue weighted by Crippen LogP contribution is -2.30. The van der Waals surface area contributed by atoms with Gasteiger partial charge in [0, 0.05) is 19.3 Å². The van der Waals surface area contributed by atoms with Crippen molar-refractivity contribution < 1.29 is 28.6 Å². The number of esters is 3. The van der Waals surface area contributed by atoms with Crippen LogP contribution in [0.5, 0.6) is 0 Å². The smallest absolute Gasteiger partial charge is 0.306 e. The first kappa shape index (κ1) is 63.1. The molecule has 0 aliphatic carbocycles. The van der Waals surface area contributed by atoms with Crippen molar-refractivity contribution in [1.82, 2.24) is 0 Å². The second-order valence-electron chi connectivity index (χ2n) is 19.9. The van der Waals surface area contributed by atoms with E-state index < -0.39 is 6.10 Å². The van der Waals surface area contributed by atoms with Gasteiger partial charge in [0.25, 0.3) is 0 Å². The predicted molar refractivity (Wildman–Crippen MR) is 280 cm³/mol. The van der Waals surface area contributed by atoms with Crippen LogP contribution in [0.15, 0.2) is 12.2 Å². The molecule has 0 saturated carbocycles. The van der Waals surface area contributed by atoms with Gasteiger partial charge in [-0.3, -0.25) is 14.4 Å². The minimum Gasteiger partial charge on any atom is -0.462 e. The zero-order chi connectivity index (χ0) is 47.2. The average molecular weight is 918 g/mol. The first-order valence-corrected chi connectivity index (χ1v) is 29.2. The van der Waals surface area contributed by atoms with Gasteiger partial charge in [-0.1, -0.05) is 277 Å². The lowest BCUT2D eigenvalue weighted by atomic mass is 10.0. The quantitative estimate of drug-likeness (QED) is 0.0262. The van der Waals surface area contributed by atoms with Crippen molar-refractivity contribution >= 4 is 17.9 Å². The third kappa shape index (κ3) is 53.0. The Labute approximate surface area is 405 Å². The summed E-state index contributed by atoms with van der Waals surface area (Å²) in [7, 11) is 0. The minimum absolute atomic E-state index is 0.0665. The van der Waals surface area contributed by atoms with Crippen LogP contribution in [-0.4, -0.2) is 37.2 Å². The van der Waals surface area contributed by atoms with Crippen LogP contribution in [0.1, 0.15) is 329 Å². The molecule has 6 nitrogen and oxygen atoms in total. The summed E-state index contributed by atoms with van der Waals surface area (Å²) in [5, 5.41) is 0. The molecule has 0 aliphatic rings. The van der Waals surface area contributed by atoms with E-state index in [0.29, 0.717) is 19.3 Å². The van der Waals surface area contributed by atoms with E-state index >= 15 is 0 Å². The number of rotatable bonds is 54. The molecular weight excluding hydrogens is 805 g/mol. The lowest BCUT2D eigenvalue weighted by molar-refractivity contribution is -0.167. The SMILES string of the molecule is CCCCC/C=C\CCCCCCCC(=O)OC[C@H](COC(=O)CCCCCCCCCCCCCCCCCCCCC)OC(=O)CCCCCCCCCCCCCCCCCC. The van der Waals surface area contributed by atoms with Crippen molar-refractivity contribution in [3.63, 3.8) is 0 Å². The zero-order valence-electron chi connectivity index (χ0n) is 44.0. The highest BCUT2D eigenvalue weighted by atomic mass is 16.6. The van der Waals surface area contributed by atoms with Crippen LogP contribution in [-0.2, 0) is 28.6 Å². The number of hydrogen-bond acceptors (Lipinski definition) is 6. The molecule has 6 heteroatoms. The van der Waals surface area contributed by atoms with Gasteiger partial charge >= 0.3 is 17.9 Å². The maximum atomic E-state index is 12.8. The van der Waals surface area contributed by atoms with Crippen molar-refractivity contribution in [2.45, 2.75) is 335 Å². The second kappa shape index (κ2) is 54.8. The molecule has 0 N–H and O–H groups in total. The largest absolute Gasteiger partial charge is 0.462 e. The molecule has 0 unspecified atom stereocenters. The van der Waals surface area contributed by atoms with E-state index in [1.807, 2.05) is 0 Å². The van der Waals surface area contributed by atoms with Crippen LogP contribution >= 0.6 is 0 Å². The van der Waals surface area contributed by atoms with Gasteiger partial charge in [0.1, 0.15) is 13.2 Å². The summed E-state index contributed by atoms with van der Waals surface area (Å²) >= 11 is 0. The van der Waals surface area contributed by atoms with Crippen LogP contribution in [0.4, 0.5) is 0 Å². The highest BCUT2D eigenvalue weighted by molar-refractivity contribution is 5.71. The summed E-state index contributed by atoms with van der Waals surface area (Å²) < 4.78 is 16.9. The third-order valence-electron chi connectivity index (χ3n) is 13.3. The maximum Gasteiger partial charge on any atom is 0.306 e. The molecule has 0 aliphatic heterocycles. The monoisotopic (exact) mass is 917 g/mol. The standard InChI is InChI=1S/C59H112O6/c1-4-7-10-13-16-19-22-25-27-29-30-31-33-34-37-40-43-46-49-52-58(61)64-55-56(54-63-57(60)51-48-45-42-39-36-24-21-18-15-12-9-6-3)65-59(62)53-50-47-44-41-38-35-32-28-26-23-20-17-14-11-8-5-2/h18,21,56H,4-17,19-20,22-55H2,1-3H3/b21-18-/t56-/m1/s1. The van der Waals surface area contributed by atoms with Gasteiger partial charge in [0.2, 0.25) is 0 Å². The summed E-state index contributed by atoms with van der Waals surface area (Å²) in [6.45, 7) is 6.67. The molecule has 384 valence electrons. The highest BCUT2D eigenvalue weighted by Gasteiger charge is 2.19. The van der Waals surface area contributed by atoms with Gasteiger partial charge in [0.15, 0.2) is 6.10 Å². The maximum absolute atomic E-state index is 12.8. The molecule has 0 fully saturated rings. The van der Waals surface area contributed by atoms with Crippen molar-refractivity contribution in [2.75, 3.05) is 13.2 Å². The van der Waals surface area contributed by atoms with Crippen LogP contribution in [0.25, 0.3) is 0 Å². The Morgan fingerprint density at radius 2 is 0.508 bits per heavy atom. The predicted octanol–water partition coefficient (Wildman–Crippen LogP) is 19.3. The first-order chi connectivity index (χ1) is 32.0. The van der Waals surface area contributed by atoms with Crippen LogP contribution < -0.4 is 0 Å². The minimum atomic E-state index is -0.767. The Bertz CT molecular complexity index is 1010. The normalized spacial score (nSPS) is 12.0. The van der Waals surface area contributed by atoms with E-state index in [1.165, 1.54) is 225 Å². The number of allylic oxidation sites excluding steroid dienone is 2. The summed E-state index contributed by atoms with van der Waals surface area (Å²) in [6.07, 6.45) is 62.0. The Balaban J connectivity index is 4.27.